The summed E-state index contributed by atoms with van der Waals surface area (Å²) >= 11 is 0. The van der Waals surface area contributed by atoms with Gasteiger partial charge in [0.15, 0.2) is 5.69 Å². The lowest BCUT2D eigenvalue weighted by atomic mass is 9.89. The number of carbonyl (C=O) groups is 1. The molecule has 1 fully saturated rings. The zero-order valence-electron chi connectivity index (χ0n) is 14.7. The number of carbonyl (C=O) groups excluding carboxylic acids is 1. The molecule has 0 bridgehead atoms. The quantitative estimate of drug-likeness (QED) is 0.752. The van der Waals surface area contributed by atoms with Crippen LogP contribution in [0.3, 0.4) is 0 Å². The fraction of sp³-hybridized carbons (Fsp3) is 0.556. The van der Waals surface area contributed by atoms with Gasteiger partial charge in [-0.05, 0) is 38.2 Å². The van der Waals surface area contributed by atoms with Crippen molar-refractivity contribution in [2.45, 2.75) is 44.2 Å². The van der Waals surface area contributed by atoms with Crippen molar-refractivity contribution in [3.63, 3.8) is 0 Å². The van der Waals surface area contributed by atoms with Crippen LogP contribution < -0.4 is 0 Å². The third-order valence-electron chi connectivity index (χ3n) is 5.41. The summed E-state index contributed by atoms with van der Waals surface area (Å²) in [5.41, 5.74) is -0.497. The van der Waals surface area contributed by atoms with Gasteiger partial charge in [-0.3, -0.25) is 4.79 Å². The molecule has 9 heteroatoms. The summed E-state index contributed by atoms with van der Waals surface area (Å²) in [6.45, 7) is 1.09. The van der Waals surface area contributed by atoms with Crippen LogP contribution >= 0.6 is 0 Å². The minimum absolute atomic E-state index is 0.0360. The lowest BCUT2D eigenvalue weighted by molar-refractivity contribution is -0.142. The lowest BCUT2D eigenvalue weighted by Crippen LogP contribution is -2.41. The van der Waals surface area contributed by atoms with Gasteiger partial charge in [-0.25, -0.2) is 4.98 Å². The molecule has 4 rings (SSSR count). The van der Waals surface area contributed by atoms with E-state index in [4.69, 9.17) is 0 Å². The molecule has 1 unspecified atom stereocenters. The van der Waals surface area contributed by atoms with Crippen LogP contribution in [0.2, 0.25) is 0 Å². The van der Waals surface area contributed by atoms with Gasteiger partial charge in [0, 0.05) is 30.6 Å². The number of halogens is 3. The summed E-state index contributed by atoms with van der Waals surface area (Å²) in [7, 11) is 0. The van der Waals surface area contributed by atoms with E-state index < -0.39 is 11.9 Å². The Hall–Kier alpha value is -2.45. The predicted octanol–water partition coefficient (Wildman–Crippen LogP) is 3.21. The molecule has 2 aromatic rings. The molecule has 2 aromatic heterocycles. The number of aromatic nitrogens is 4. The molecule has 1 atom stereocenters. The average molecular weight is 379 g/mol. The Morgan fingerprint density at radius 3 is 2.59 bits per heavy atom. The first-order chi connectivity index (χ1) is 12.9. The van der Waals surface area contributed by atoms with Gasteiger partial charge >= 0.3 is 6.18 Å². The molecule has 3 heterocycles. The molecule has 1 aliphatic heterocycles. The van der Waals surface area contributed by atoms with Gasteiger partial charge in [-0.15, -0.1) is 0 Å². The normalized spacial score (nSPS) is 21.7. The third kappa shape index (κ3) is 3.54. The number of likely N-dealkylation sites (tertiary alicyclic amines) is 1. The van der Waals surface area contributed by atoms with E-state index in [1.165, 1.54) is 0 Å². The van der Waals surface area contributed by atoms with Gasteiger partial charge < -0.3 is 4.90 Å². The fourth-order valence-corrected chi connectivity index (χ4v) is 3.91. The molecule has 0 spiro atoms. The standard InChI is InChI=1S/C18H20F3N5O/c19-18(20,21)15-10-14(24-17-22-11-23-26(15)17)12-6-8-25(9-7-12)16(27)13-4-2-1-3-5-13/h1-2,10-13H,3-9H2. The molecule has 1 saturated heterocycles. The first-order valence-corrected chi connectivity index (χ1v) is 9.15. The smallest absolute Gasteiger partial charge is 0.342 e. The summed E-state index contributed by atoms with van der Waals surface area (Å²) in [5, 5.41) is 3.62. The van der Waals surface area contributed by atoms with Crippen LogP contribution in [0, 0.1) is 5.92 Å². The number of nitrogens with zero attached hydrogens (tertiary/aromatic N) is 5. The number of hydrogen-bond donors (Lipinski definition) is 0. The minimum atomic E-state index is -4.53. The van der Waals surface area contributed by atoms with Crippen molar-refractivity contribution >= 4 is 11.7 Å². The first kappa shape index (κ1) is 17.9. The Labute approximate surface area is 154 Å². The van der Waals surface area contributed by atoms with E-state index in [1.54, 1.807) is 0 Å². The van der Waals surface area contributed by atoms with E-state index in [-0.39, 0.29) is 23.5 Å². The maximum atomic E-state index is 13.3. The summed E-state index contributed by atoms with van der Waals surface area (Å²) in [6, 6.07) is 1.07. The Bertz CT molecular complexity index is 867. The predicted molar refractivity (Wildman–Crippen MR) is 90.8 cm³/mol. The largest absolute Gasteiger partial charge is 0.433 e. The van der Waals surface area contributed by atoms with Crippen LogP contribution in [0.15, 0.2) is 24.5 Å². The Morgan fingerprint density at radius 1 is 1.15 bits per heavy atom. The van der Waals surface area contributed by atoms with Crippen LogP contribution in [0.4, 0.5) is 13.2 Å². The number of amides is 1. The molecule has 2 aliphatic rings. The van der Waals surface area contributed by atoms with Crippen LogP contribution in [0.25, 0.3) is 5.78 Å². The Balaban J connectivity index is 1.50. The molecule has 144 valence electrons. The average Bonchev–Trinajstić information content (AvgIpc) is 3.15. The van der Waals surface area contributed by atoms with Crippen LogP contribution in [-0.4, -0.2) is 43.5 Å². The monoisotopic (exact) mass is 379 g/mol. The first-order valence-electron chi connectivity index (χ1n) is 9.15. The number of hydrogen-bond acceptors (Lipinski definition) is 4. The second-order valence-electron chi connectivity index (χ2n) is 7.12. The highest BCUT2D eigenvalue weighted by atomic mass is 19.4. The van der Waals surface area contributed by atoms with Crippen molar-refractivity contribution in [3.8, 4) is 0 Å². The number of piperidine rings is 1. The number of rotatable bonds is 2. The highest BCUT2D eigenvalue weighted by Gasteiger charge is 2.36. The highest BCUT2D eigenvalue weighted by molar-refractivity contribution is 5.79. The highest BCUT2D eigenvalue weighted by Crippen LogP contribution is 2.34. The molecule has 0 saturated carbocycles. The van der Waals surface area contributed by atoms with Crippen molar-refractivity contribution < 1.29 is 18.0 Å². The van der Waals surface area contributed by atoms with Gasteiger partial charge in [0.1, 0.15) is 6.33 Å². The maximum Gasteiger partial charge on any atom is 0.433 e. The van der Waals surface area contributed by atoms with Crippen molar-refractivity contribution in [3.05, 3.63) is 35.9 Å². The van der Waals surface area contributed by atoms with E-state index in [9.17, 15) is 18.0 Å². The SMILES string of the molecule is O=C(C1CC=CCC1)N1CCC(c2cc(C(F)(F)F)n3ncnc3n2)CC1. The lowest BCUT2D eigenvalue weighted by Gasteiger charge is -2.34. The van der Waals surface area contributed by atoms with Crippen LogP contribution in [0.1, 0.15) is 49.4 Å². The van der Waals surface area contributed by atoms with E-state index in [2.05, 4.69) is 27.2 Å². The van der Waals surface area contributed by atoms with Crippen molar-refractivity contribution in [1.82, 2.24) is 24.5 Å². The second-order valence-corrected chi connectivity index (χ2v) is 7.12. The zero-order valence-corrected chi connectivity index (χ0v) is 14.7. The molecule has 1 amide bonds. The van der Waals surface area contributed by atoms with E-state index in [0.717, 1.165) is 36.2 Å². The molecular formula is C18H20F3N5O. The van der Waals surface area contributed by atoms with E-state index in [1.807, 2.05) is 4.90 Å². The van der Waals surface area contributed by atoms with Gasteiger partial charge in [0.05, 0.1) is 0 Å². The fourth-order valence-electron chi connectivity index (χ4n) is 3.91. The van der Waals surface area contributed by atoms with Crippen LogP contribution in [0.5, 0.6) is 0 Å². The van der Waals surface area contributed by atoms with Gasteiger partial charge in [-0.2, -0.15) is 27.8 Å². The van der Waals surface area contributed by atoms with Crippen molar-refractivity contribution in [1.29, 1.82) is 0 Å². The molecule has 27 heavy (non-hydrogen) atoms. The molecule has 0 aromatic carbocycles. The Kier molecular flexibility index (Phi) is 4.61. The molecule has 0 N–H and O–H groups in total. The zero-order chi connectivity index (χ0) is 19.0. The topological polar surface area (TPSA) is 63.4 Å². The third-order valence-corrected chi connectivity index (χ3v) is 5.41. The van der Waals surface area contributed by atoms with Crippen molar-refractivity contribution in [2.24, 2.45) is 5.92 Å². The van der Waals surface area contributed by atoms with E-state index in [0.29, 0.717) is 31.6 Å². The summed E-state index contributed by atoms with van der Waals surface area (Å²) in [4.78, 5) is 22.6. The maximum absolute atomic E-state index is 13.3. The van der Waals surface area contributed by atoms with E-state index >= 15 is 0 Å². The second kappa shape index (κ2) is 6.94. The van der Waals surface area contributed by atoms with Gasteiger partial charge in [0.25, 0.3) is 5.78 Å². The summed E-state index contributed by atoms with van der Waals surface area (Å²) < 4.78 is 40.7. The number of fused-ring (bicyclic) bond motifs is 1. The van der Waals surface area contributed by atoms with Gasteiger partial charge in [0.2, 0.25) is 5.91 Å². The number of alkyl halides is 3. The van der Waals surface area contributed by atoms with Crippen LogP contribution in [-0.2, 0) is 11.0 Å². The summed E-state index contributed by atoms with van der Waals surface area (Å²) in [5.74, 6) is 0.0268. The Morgan fingerprint density at radius 2 is 1.93 bits per heavy atom. The van der Waals surface area contributed by atoms with Gasteiger partial charge in [-0.1, -0.05) is 12.2 Å². The molecular weight excluding hydrogens is 359 g/mol. The summed E-state index contributed by atoms with van der Waals surface area (Å²) in [6.07, 6.45) is 4.46. The molecule has 0 radical (unpaired) electrons. The molecule has 6 nitrogen and oxygen atoms in total. The molecule has 1 aliphatic carbocycles. The van der Waals surface area contributed by atoms with Crippen molar-refractivity contribution in [2.75, 3.05) is 13.1 Å². The number of allylic oxidation sites excluding steroid dienone is 2. The minimum Gasteiger partial charge on any atom is -0.342 e.